The number of nitrogens with two attached hydrogens (primary N) is 1. The van der Waals surface area contributed by atoms with Crippen LogP contribution in [0.3, 0.4) is 0 Å². The highest BCUT2D eigenvalue weighted by Gasteiger charge is 2.41. The Kier molecular flexibility index (Phi) is 20.3. The second-order valence-corrected chi connectivity index (χ2v) is 22.5. The second kappa shape index (κ2) is 26.5. The number of nitrogens with zero attached hydrogens (tertiary/aromatic N) is 4. The Balaban J connectivity index is 0.686. The number of sulfonamides is 2. The number of amides is 4. The van der Waals surface area contributed by atoms with E-state index >= 15 is 0 Å². The number of nitriles is 1. The molecular weight excluding hydrogens is 986 g/mol. The van der Waals surface area contributed by atoms with Crippen LogP contribution in [0.15, 0.2) is 70.5 Å². The van der Waals surface area contributed by atoms with Crippen molar-refractivity contribution in [2.24, 2.45) is 5.14 Å². The average Bonchev–Trinajstić information content (AvgIpc) is 4.11. The minimum absolute atomic E-state index is 0.00374. The molecule has 3 aromatic rings. The molecule has 1 aliphatic carbocycles. The molecule has 20 nitrogen and oxygen atoms in total. The van der Waals surface area contributed by atoms with E-state index in [1.165, 1.54) is 0 Å². The van der Waals surface area contributed by atoms with Gasteiger partial charge in [-0.2, -0.15) is 5.26 Å². The van der Waals surface area contributed by atoms with Gasteiger partial charge in [0, 0.05) is 89.1 Å². The Labute approximate surface area is 429 Å². The van der Waals surface area contributed by atoms with E-state index in [2.05, 4.69) is 59.0 Å². The number of carbonyl (C=O) groups is 2. The molecule has 8 N–H and O–H groups in total. The molecule has 0 bridgehead atoms. The lowest BCUT2D eigenvalue weighted by Gasteiger charge is -2.38. The number of halogens is 1. The lowest BCUT2D eigenvalue weighted by Crippen LogP contribution is -2.54. The number of benzene rings is 3. The summed E-state index contributed by atoms with van der Waals surface area (Å²) in [6, 6.07) is 18.7. The van der Waals surface area contributed by atoms with Crippen molar-refractivity contribution < 1.29 is 40.6 Å². The van der Waals surface area contributed by atoms with Crippen LogP contribution in [-0.2, 0) is 35.9 Å². The monoisotopic (exact) mass is 1060 g/mol. The summed E-state index contributed by atoms with van der Waals surface area (Å²) in [7, 11) is -7.58. The first-order valence-corrected chi connectivity index (χ1v) is 28.3. The van der Waals surface area contributed by atoms with E-state index in [0.29, 0.717) is 120 Å². The fraction of sp³-hybridized carbons (Fsp3) is 0.571. The molecule has 3 heterocycles. The van der Waals surface area contributed by atoms with E-state index in [1.807, 2.05) is 18.2 Å². The van der Waals surface area contributed by atoms with E-state index < -0.39 is 20.0 Å². The smallest absolute Gasteiger partial charge is 0.314 e. The zero-order valence-electron chi connectivity index (χ0n) is 41.0. The van der Waals surface area contributed by atoms with Crippen molar-refractivity contribution in [3.05, 3.63) is 87.9 Å². The van der Waals surface area contributed by atoms with Crippen LogP contribution in [0.2, 0.25) is 5.02 Å². The Bertz CT molecular complexity index is 2560. The number of unbranched alkanes of at least 4 members (excludes halogenated alkanes) is 1. The standard InChI is InChI=1S/C49H70ClN11O9S2/c1-35-32-61(21-16-53-35)45-30-43-37(31-51)28-38(50)29-44(43)47(45)70-40-8-10-41(11-9-40)72(66,67)58-39-13-20-60(34-39)23-27-69-25-18-57-49(63)55-15-5-4-14-54-48(62)56-17-24-68-26-22-59-19-12-36(33-59)42-6-2-3-7-46(42)71(52,64)65/h2-3,6-11,28-29,35-36,39,45,47,53,58H,4-5,12-27,30,32-34H2,1H3,(H2,52,64,65)(H2,54,56,62)(H2,55,57,63)/t35-,36+,39-,45+,47+/m1/s1. The third-order valence-electron chi connectivity index (χ3n) is 13.6. The minimum Gasteiger partial charge on any atom is -0.484 e. The fourth-order valence-corrected chi connectivity index (χ4v) is 12.3. The number of ether oxygens (including phenoxy) is 3. The molecule has 4 aliphatic rings. The topological polar surface area (TPSA) is 262 Å². The molecule has 4 amide bonds. The number of hydrogen-bond acceptors (Lipinski definition) is 14. The number of fused-ring (bicyclic) bond motifs is 1. The SMILES string of the molecule is C[C@@H]1CN([C@H]2Cc3c(C#N)cc(Cl)cc3[C@@H]2Oc2ccc(S(=O)(=O)N[C@@H]3CCN(CCOCCNC(=O)NCCCCNC(=O)NCCOCCN4CC[C@H](c5ccccc5S(N)(=O)=O)C4)C3)cc2)CCN1. The van der Waals surface area contributed by atoms with Gasteiger partial charge in [0.05, 0.1) is 53.9 Å². The van der Waals surface area contributed by atoms with Crippen molar-refractivity contribution in [2.75, 3.05) is 112 Å². The van der Waals surface area contributed by atoms with Crippen LogP contribution in [0.25, 0.3) is 0 Å². The Morgan fingerprint density at radius 2 is 1.44 bits per heavy atom. The Morgan fingerprint density at radius 3 is 2.10 bits per heavy atom. The minimum atomic E-state index is -3.80. The van der Waals surface area contributed by atoms with Gasteiger partial charge in [0.15, 0.2) is 0 Å². The van der Waals surface area contributed by atoms with Gasteiger partial charge in [0.1, 0.15) is 11.9 Å². The summed E-state index contributed by atoms with van der Waals surface area (Å²) in [6.07, 6.45) is 3.16. The zero-order chi connectivity index (χ0) is 51.1. The molecule has 0 spiro atoms. The van der Waals surface area contributed by atoms with Gasteiger partial charge in [-0.3, -0.25) is 9.80 Å². The van der Waals surface area contributed by atoms with Crippen molar-refractivity contribution >= 4 is 43.7 Å². The van der Waals surface area contributed by atoms with Crippen molar-refractivity contribution in [1.29, 1.82) is 5.26 Å². The number of hydrogen-bond donors (Lipinski definition) is 7. The largest absolute Gasteiger partial charge is 0.484 e. The van der Waals surface area contributed by atoms with Crippen molar-refractivity contribution in [2.45, 2.75) is 79.0 Å². The summed E-state index contributed by atoms with van der Waals surface area (Å²) in [5.41, 5.74) is 3.14. The molecule has 3 saturated heterocycles. The molecule has 394 valence electrons. The predicted octanol–water partition coefficient (Wildman–Crippen LogP) is 2.45. The molecule has 0 aromatic heterocycles. The van der Waals surface area contributed by atoms with Crippen molar-refractivity contribution in [3.8, 4) is 11.8 Å². The third-order valence-corrected chi connectivity index (χ3v) is 16.3. The van der Waals surface area contributed by atoms with Crippen molar-refractivity contribution in [3.63, 3.8) is 0 Å². The number of piperazine rings is 1. The molecule has 7 rings (SSSR count). The van der Waals surface area contributed by atoms with Crippen LogP contribution in [0.5, 0.6) is 5.75 Å². The summed E-state index contributed by atoms with van der Waals surface area (Å²) < 4.78 is 71.8. The molecule has 3 aliphatic heterocycles. The predicted molar refractivity (Wildman–Crippen MR) is 273 cm³/mol. The molecule has 3 fully saturated rings. The number of primary sulfonamides is 1. The highest BCUT2D eigenvalue weighted by molar-refractivity contribution is 7.89. The summed E-state index contributed by atoms with van der Waals surface area (Å²) in [4.78, 5) is 31.5. The molecule has 72 heavy (non-hydrogen) atoms. The number of nitrogens with one attached hydrogen (secondary N) is 6. The maximum Gasteiger partial charge on any atom is 0.314 e. The summed E-state index contributed by atoms with van der Waals surface area (Å²) in [5.74, 6) is 0.623. The lowest BCUT2D eigenvalue weighted by molar-refractivity contribution is 0.0595. The van der Waals surface area contributed by atoms with Gasteiger partial charge in [0.25, 0.3) is 0 Å². The van der Waals surface area contributed by atoms with Gasteiger partial charge in [-0.05, 0) is 117 Å². The van der Waals surface area contributed by atoms with E-state index in [-0.39, 0.29) is 46.0 Å². The number of carbonyl (C=O) groups excluding carboxylic acids is 2. The van der Waals surface area contributed by atoms with Gasteiger partial charge in [-0.1, -0.05) is 29.8 Å². The first-order valence-electron chi connectivity index (χ1n) is 24.9. The fourth-order valence-electron chi connectivity index (χ4n) is 9.96. The van der Waals surface area contributed by atoms with Crippen molar-refractivity contribution in [1.82, 2.24) is 46.0 Å². The quantitative estimate of drug-likeness (QED) is 0.0602. The number of rotatable bonds is 25. The molecule has 0 unspecified atom stereocenters. The second-order valence-electron chi connectivity index (χ2n) is 18.8. The van der Waals surface area contributed by atoms with Crippen LogP contribution in [0.4, 0.5) is 9.59 Å². The van der Waals surface area contributed by atoms with Gasteiger partial charge >= 0.3 is 12.1 Å². The van der Waals surface area contributed by atoms with Gasteiger partial charge < -0.3 is 45.7 Å². The van der Waals surface area contributed by atoms with Gasteiger partial charge in [-0.15, -0.1) is 0 Å². The van der Waals surface area contributed by atoms with E-state index in [0.717, 1.165) is 62.4 Å². The molecule has 0 radical (unpaired) electrons. The molecule has 23 heteroatoms. The van der Waals surface area contributed by atoms with Crippen LogP contribution in [0.1, 0.15) is 66.9 Å². The van der Waals surface area contributed by atoms with Crippen LogP contribution < -0.4 is 41.2 Å². The highest BCUT2D eigenvalue weighted by Crippen LogP contribution is 2.41. The normalized spacial score (nSPS) is 21.8. The van der Waals surface area contributed by atoms with Crippen LogP contribution in [-0.4, -0.2) is 173 Å². The summed E-state index contributed by atoms with van der Waals surface area (Å²) in [5, 5.41) is 30.4. The van der Waals surface area contributed by atoms with E-state index in [1.54, 1.807) is 42.5 Å². The summed E-state index contributed by atoms with van der Waals surface area (Å²) in [6.45, 7) is 12.1. The summed E-state index contributed by atoms with van der Waals surface area (Å²) >= 11 is 6.45. The average molecular weight is 1060 g/mol. The first-order chi connectivity index (χ1) is 34.7. The van der Waals surface area contributed by atoms with E-state index in [4.69, 9.17) is 31.0 Å². The van der Waals surface area contributed by atoms with Gasteiger partial charge in [-0.25, -0.2) is 36.3 Å². The number of urea groups is 2. The molecule has 3 aromatic carbocycles. The number of likely N-dealkylation sites (tertiary alicyclic amines) is 2. The zero-order valence-corrected chi connectivity index (χ0v) is 43.3. The maximum atomic E-state index is 13.4. The lowest BCUT2D eigenvalue weighted by atomic mass is 9.98. The van der Waals surface area contributed by atoms with Crippen LogP contribution in [0, 0.1) is 11.3 Å². The highest BCUT2D eigenvalue weighted by atomic mass is 35.5. The molecule has 5 atom stereocenters. The van der Waals surface area contributed by atoms with Gasteiger partial charge in [0.2, 0.25) is 20.0 Å². The third kappa shape index (κ3) is 15.9. The van der Waals surface area contributed by atoms with E-state index in [9.17, 15) is 31.7 Å². The maximum absolute atomic E-state index is 13.4. The molecule has 0 saturated carbocycles. The molecular formula is C49H70ClN11O9S2. The Morgan fingerprint density at radius 1 is 0.806 bits per heavy atom. The first kappa shape index (κ1) is 55.1. The Hall–Kier alpha value is -4.64. The van der Waals surface area contributed by atoms with Crippen LogP contribution >= 0.6 is 11.6 Å².